The van der Waals surface area contributed by atoms with E-state index in [1.165, 1.54) is 78.1 Å². The minimum absolute atomic E-state index is 0. The molecule has 0 amide bonds. The quantitative estimate of drug-likeness (QED) is 0.159. The van der Waals surface area contributed by atoms with Gasteiger partial charge in [-0.25, -0.2) is 6.08 Å². The summed E-state index contributed by atoms with van der Waals surface area (Å²) in [5, 5.41) is 7.19. The van der Waals surface area contributed by atoms with Crippen LogP contribution >= 0.6 is 23.2 Å². The van der Waals surface area contributed by atoms with Crippen LogP contribution in [0.4, 0.5) is 0 Å². The molecule has 0 radical (unpaired) electrons. The van der Waals surface area contributed by atoms with Crippen molar-refractivity contribution in [2.45, 2.75) is 99.3 Å². The summed E-state index contributed by atoms with van der Waals surface area (Å²) >= 11 is 11.0. The molecule has 1 atom stereocenters. The molecule has 1 unspecified atom stereocenters. The van der Waals surface area contributed by atoms with Crippen molar-refractivity contribution in [1.82, 2.24) is 0 Å². The van der Waals surface area contributed by atoms with E-state index in [0.717, 1.165) is 22.9 Å². The Bertz CT molecular complexity index is 2260. The molecule has 3 aliphatic rings. The van der Waals surface area contributed by atoms with E-state index >= 15 is 0 Å². The van der Waals surface area contributed by atoms with E-state index in [1.807, 2.05) is 24.3 Å². The van der Waals surface area contributed by atoms with Crippen molar-refractivity contribution in [3.8, 4) is 0 Å². The average molecular weight is 914 g/mol. The first-order chi connectivity index (χ1) is 25.9. The molecule has 0 saturated carbocycles. The summed E-state index contributed by atoms with van der Waals surface area (Å²) in [6.07, 6.45) is 16.1. The van der Waals surface area contributed by atoms with Crippen LogP contribution < -0.4 is 24.8 Å². The number of halogens is 4. The fourth-order valence-corrected chi connectivity index (χ4v) is 10.0. The molecule has 3 aliphatic carbocycles. The minimum Gasteiger partial charge on any atom is -1.00 e. The molecule has 8 rings (SSSR count). The fraction of sp³-hybridized carbons (Fsp3) is 0.327. The third-order valence-electron chi connectivity index (χ3n) is 11.5. The molecule has 5 aromatic rings. The van der Waals surface area contributed by atoms with Crippen molar-refractivity contribution in [3.05, 3.63) is 158 Å². The van der Waals surface area contributed by atoms with Gasteiger partial charge in [0.25, 0.3) is 0 Å². The molecule has 5 aromatic carbocycles. The fourth-order valence-electron chi connectivity index (χ4n) is 7.70. The predicted octanol–water partition coefficient (Wildman–Crippen LogP) is 9.32. The summed E-state index contributed by atoms with van der Waals surface area (Å²) in [5.74, 6) is 0.573. The van der Waals surface area contributed by atoms with Crippen LogP contribution in [0.15, 0.2) is 109 Å². The molecule has 300 valence electrons. The first-order valence-corrected chi connectivity index (χ1v) is 23.4. The van der Waals surface area contributed by atoms with Gasteiger partial charge >= 0.3 is 123 Å². The van der Waals surface area contributed by atoms with Gasteiger partial charge in [-0.05, 0) is 59.8 Å². The molecular weight excluding hydrogens is 858 g/mol. The Hall–Kier alpha value is -2.51. The molecular formula is C52H56Cl4Zr-4. The maximum atomic E-state index is 5.84. The second-order valence-electron chi connectivity index (χ2n) is 17.8. The third kappa shape index (κ3) is 11.2. The Labute approximate surface area is 376 Å². The normalized spacial score (nSPS) is 17.1. The van der Waals surface area contributed by atoms with Crippen LogP contribution in [0.3, 0.4) is 0 Å². The first-order valence-electron chi connectivity index (χ1n) is 19.8. The second kappa shape index (κ2) is 19.3. The zero-order valence-corrected chi connectivity index (χ0v) is 40.7. The number of benzene rings is 4. The maximum Gasteiger partial charge on any atom is -1.00 e. The van der Waals surface area contributed by atoms with Crippen molar-refractivity contribution >= 4 is 63.3 Å². The Morgan fingerprint density at radius 2 is 1.14 bits per heavy atom. The summed E-state index contributed by atoms with van der Waals surface area (Å²) in [7, 11) is 0. The minimum atomic E-state index is -0.623. The van der Waals surface area contributed by atoms with Gasteiger partial charge in [-0.15, -0.1) is 39.7 Å². The van der Waals surface area contributed by atoms with Crippen LogP contribution in [0.2, 0.25) is 10.0 Å². The number of rotatable bonds is 3. The van der Waals surface area contributed by atoms with Gasteiger partial charge < -0.3 is 24.8 Å². The molecule has 0 spiro atoms. The molecule has 5 heteroatoms. The van der Waals surface area contributed by atoms with E-state index in [2.05, 4.69) is 162 Å². The van der Waals surface area contributed by atoms with Gasteiger partial charge in [-0.1, -0.05) is 109 Å². The Morgan fingerprint density at radius 3 is 1.49 bits per heavy atom. The molecule has 0 bridgehead atoms. The van der Waals surface area contributed by atoms with Crippen molar-refractivity contribution < 1.29 is 47.1 Å². The van der Waals surface area contributed by atoms with Crippen LogP contribution in [0.5, 0.6) is 0 Å². The van der Waals surface area contributed by atoms with Gasteiger partial charge in [0.1, 0.15) is 0 Å². The van der Waals surface area contributed by atoms with Crippen LogP contribution in [0.25, 0.3) is 32.7 Å². The molecule has 0 N–H and O–H groups in total. The van der Waals surface area contributed by atoms with Crippen molar-refractivity contribution in [1.29, 1.82) is 0 Å². The van der Waals surface area contributed by atoms with Gasteiger partial charge in [0.05, 0.1) is 0 Å². The van der Waals surface area contributed by atoms with Gasteiger partial charge in [0.15, 0.2) is 0 Å². The topological polar surface area (TPSA) is 0 Å². The molecule has 0 heterocycles. The summed E-state index contributed by atoms with van der Waals surface area (Å²) in [6, 6.07) is 28.2. The zero-order chi connectivity index (χ0) is 39.7. The Balaban J connectivity index is 0.000000207. The van der Waals surface area contributed by atoms with E-state index in [9.17, 15) is 0 Å². The van der Waals surface area contributed by atoms with Crippen molar-refractivity contribution in [3.63, 3.8) is 0 Å². The molecule has 57 heavy (non-hydrogen) atoms. The van der Waals surface area contributed by atoms with Gasteiger partial charge in [0.2, 0.25) is 0 Å². The SMILES string of the molecule is CC1=CCC(C)(C)c2cc3[cH-]c4cc5c(cc4c3cc21)C(C)=CCC5(C)C.CCC1[C-]=CC(C(C)(C)C)=C1.Clc1ccc([CH]=[Zr]=[CH]c2ccc(Cl)cc2)cc1.[Cl-].[Cl-]. The molecule has 0 nitrogen and oxygen atoms in total. The van der Waals surface area contributed by atoms with Crippen LogP contribution in [0, 0.1) is 17.4 Å². The molecule has 0 fully saturated rings. The van der Waals surface area contributed by atoms with Crippen LogP contribution in [-0.4, -0.2) is 7.42 Å². The number of hydrogen-bond donors (Lipinski definition) is 0. The molecule has 0 aliphatic heterocycles. The summed E-state index contributed by atoms with van der Waals surface area (Å²) in [5.41, 5.74) is 13.4. The van der Waals surface area contributed by atoms with Crippen LogP contribution in [0.1, 0.15) is 122 Å². The van der Waals surface area contributed by atoms with Crippen LogP contribution in [-0.2, 0) is 33.1 Å². The van der Waals surface area contributed by atoms with E-state index in [-0.39, 0.29) is 35.6 Å². The summed E-state index contributed by atoms with van der Waals surface area (Å²) in [4.78, 5) is 0. The monoisotopic (exact) mass is 910 g/mol. The van der Waals surface area contributed by atoms with Gasteiger partial charge in [-0.2, -0.15) is 11.6 Å². The van der Waals surface area contributed by atoms with E-state index in [0.29, 0.717) is 11.3 Å². The Morgan fingerprint density at radius 1 is 0.719 bits per heavy atom. The second-order valence-corrected chi connectivity index (χ2v) is 20.9. The smallest absolute Gasteiger partial charge is 1.00 e. The number of hydrogen-bond acceptors (Lipinski definition) is 0. The summed E-state index contributed by atoms with van der Waals surface area (Å²) < 4.78 is 4.66. The predicted molar refractivity (Wildman–Crippen MR) is 242 cm³/mol. The van der Waals surface area contributed by atoms with E-state index < -0.39 is 22.3 Å². The summed E-state index contributed by atoms with van der Waals surface area (Å²) in [6.45, 7) is 23.0. The average Bonchev–Trinajstić information content (AvgIpc) is 3.78. The van der Waals surface area contributed by atoms with E-state index in [1.54, 1.807) is 0 Å². The zero-order valence-electron chi connectivity index (χ0n) is 35.2. The largest absolute Gasteiger partial charge is 1.00 e. The maximum absolute atomic E-state index is 5.84. The van der Waals surface area contributed by atoms with E-state index in [4.69, 9.17) is 23.2 Å². The first kappa shape index (κ1) is 47.2. The third-order valence-corrected chi connectivity index (χ3v) is 14.5. The van der Waals surface area contributed by atoms with Gasteiger partial charge in [0, 0.05) is 0 Å². The van der Waals surface area contributed by atoms with Gasteiger partial charge in [-0.3, -0.25) is 6.08 Å². The Kier molecular flexibility index (Phi) is 15.9. The number of fused-ring (bicyclic) bond motifs is 5. The van der Waals surface area contributed by atoms with Crippen molar-refractivity contribution in [2.24, 2.45) is 11.3 Å². The standard InChI is InChI=1S/C27H29.C11H17.2C7H5Cl.2ClH.Zr/c1-16-7-9-26(3,4)24-12-18-11-19-13-25-21(17(2)8-10-27(25,5)6)15-23(19)22(18)14-20(16)24;1-5-9-6-7-10(8-9)11(2,3)4;2*1-6-2-4-7(8)5-3-6;;;/h7-8,11-15H,9-10H2,1-6H3;7-9H,5H2,1-4H3;2*1-5H;2*1H;/q2*-1;;;;;/p-2. The molecule has 0 aromatic heterocycles. The number of allylic oxidation sites excluding steroid dienone is 8. The molecule has 0 saturated heterocycles. The van der Waals surface area contributed by atoms with Crippen molar-refractivity contribution in [2.75, 3.05) is 0 Å².